The molecule has 2 aromatic rings. The Morgan fingerprint density at radius 1 is 1.00 bits per heavy atom. The molecular weight excluding hydrogens is 493 g/mol. The van der Waals surface area contributed by atoms with Gasteiger partial charge >= 0.3 is 0 Å². The Balaban J connectivity index is 2.48. The third-order valence-electron chi connectivity index (χ3n) is 2.68. The summed E-state index contributed by atoms with van der Waals surface area (Å²) in [6.45, 7) is 1.85. The molecule has 0 saturated heterocycles. The van der Waals surface area contributed by atoms with Crippen molar-refractivity contribution in [2.75, 3.05) is 4.72 Å². The van der Waals surface area contributed by atoms with Gasteiger partial charge in [-0.1, -0.05) is 15.9 Å². The van der Waals surface area contributed by atoms with Crippen LogP contribution in [0.4, 0.5) is 10.1 Å². The molecule has 112 valence electrons. The lowest BCUT2D eigenvalue weighted by molar-refractivity contribution is 0.600. The van der Waals surface area contributed by atoms with E-state index in [1.165, 1.54) is 18.2 Å². The molecule has 2 rings (SSSR count). The largest absolute Gasteiger partial charge is 0.278 e. The number of nitrogens with one attached hydrogen (secondary N) is 1. The molecule has 0 unspecified atom stereocenters. The highest BCUT2D eigenvalue weighted by Gasteiger charge is 2.20. The van der Waals surface area contributed by atoms with Crippen LogP contribution in [-0.4, -0.2) is 8.42 Å². The van der Waals surface area contributed by atoms with Crippen molar-refractivity contribution in [1.29, 1.82) is 0 Å². The van der Waals surface area contributed by atoms with E-state index in [1.807, 2.05) is 6.92 Å². The van der Waals surface area contributed by atoms with Crippen molar-refractivity contribution in [3.63, 3.8) is 0 Å². The second-order valence-corrected chi connectivity index (χ2v) is 8.48. The molecule has 3 nitrogen and oxygen atoms in total. The van der Waals surface area contributed by atoms with Crippen LogP contribution in [0.1, 0.15) is 5.56 Å². The first-order valence-electron chi connectivity index (χ1n) is 5.64. The molecule has 0 heterocycles. The van der Waals surface area contributed by atoms with E-state index in [1.54, 1.807) is 6.07 Å². The van der Waals surface area contributed by atoms with E-state index in [-0.39, 0.29) is 10.6 Å². The van der Waals surface area contributed by atoms with E-state index in [2.05, 4.69) is 52.5 Å². The lowest BCUT2D eigenvalue weighted by Crippen LogP contribution is -2.14. The maximum atomic E-state index is 13.2. The zero-order valence-corrected chi connectivity index (χ0v) is 16.2. The fraction of sp³-hybridized carbons (Fsp3) is 0.0769. The van der Waals surface area contributed by atoms with Crippen LogP contribution in [0, 0.1) is 12.7 Å². The van der Waals surface area contributed by atoms with Gasteiger partial charge in [0.05, 0.1) is 5.69 Å². The van der Waals surface area contributed by atoms with Gasteiger partial charge in [0, 0.05) is 13.4 Å². The number of hydrogen-bond donors (Lipinski definition) is 1. The highest BCUT2D eigenvalue weighted by Crippen LogP contribution is 2.31. The Morgan fingerprint density at radius 2 is 1.67 bits per heavy atom. The molecule has 0 amide bonds. The highest BCUT2D eigenvalue weighted by molar-refractivity contribution is 9.11. The minimum atomic E-state index is -3.85. The second-order valence-electron chi connectivity index (χ2n) is 4.26. The van der Waals surface area contributed by atoms with Crippen molar-refractivity contribution in [3.05, 3.63) is 55.1 Å². The first kappa shape index (κ1) is 16.9. The first-order valence-corrected chi connectivity index (χ1v) is 9.50. The number of hydrogen-bond acceptors (Lipinski definition) is 2. The molecule has 1 N–H and O–H groups in total. The van der Waals surface area contributed by atoms with Crippen molar-refractivity contribution in [1.82, 2.24) is 0 Å². The van der Waals surface area contributed by atoms with E-state index >= 15 is 0 Å². The molecule has 0 aliphatic rings. The fourth-order valence-electron chi connectivity index (χ4n) is 1.61. The van der Waals surface area contributed by atoms with Crippen LogP contribution in [0.2, 0.25) is 0 Å². The molecule has 0 spiro atoms. The predicted molar refractivity (Wildman–Crippen MR) is 91.5 cm³/mol. The smallest absolute Gasteiger partial charge is 0.263 e. The van der Waals surface area contributed by atoms with Gasteiger partial charge in [0.25, 0.3) is 10.0 Å². The number of benzene rings is 2. The van der Waals surface area contributed by atoms with Gasteiger partial charge in [-0.3, -0.25) is 4.72 Å². The Kier molecular flexibility index (Phi) is 5.12. The molecule has 0 bridgehead atoms. The van der Waals surface area contributed by atoms with Crippen LogP contribution < -0.4 is 4.72 Å². The van der Waals surface area contributed by atoms with Gasteiger partial charge in [0.2, 0.25) is 0 Å². The van der Waals surface area contributed by atoms with E-state index in [9.17, 15) is 12.8 Å². The van der Waals surface area contributed by atoms with Crippen LogP contribution in [0.15, 0.2) is 48.6 Å². The number of aryl methyl sites for hydroxylation is 1. The summed E-state index contributed by atoms with van der Waals surface area (Å²) in [5, 5.41) is 0. The van der Waals surface area contributed by atoms with Crippen LogP contribution in [0.5, 0.6) is 0 Å². The van der Waals surface area contributed by atoms with Gasteiger partial charge < -0.3 is 0 Å². The molecule has 21 heavy (non-hydrogen) atoms. The molecule has 0 fully saturated rings. The molecule has 0 radical (unpaired) electrons. The standard InChI is InChI=1S/C13H9Br3FNO2S/c1-7-4-11(16)13(6-10(7)15)21(19,20)18-12-5-8(17)2-3-9(12)14/h2-6,18H,1H3. The summed E-state index contributed by atoms with van der Waals surface area (Å²) in [7, 11) is -3.85. The number of rotatable bonds is 3. The van der Waals surface area contributed by atoms with Crippen molar-refractivity contribution in [2.45, 2.75) is 11.8 Å². The average Bonchev–Trinajstić information content (AvgIpc) is 2.37. The summed E-state index contributed by atoms with van der Waals surface area (Å²) in [5.41, 5.74) is 1.03. The van der Waals surface area contributed by atoms with Crippen LogP contribution in [0.3, 0.4) is 0 Å². The van der Waals surface area contributed by atoms with Crippen LogP contribution in [0.25, 0.3) is 0 Å². The fourth-order valence-corrected chi connectivity index (χ4v) is 4.84. The van der Waals surface area contributed by atoms with Gasteiger partial charge in [-0.15, -0.1) is 0 Å². The molecule has 0 aliphatic carbocycles. The second kappa shape index (κ2) is 6.36. The van der Waals surface area contributed by atoms with E-state index < -0.39 is 15.8 Å². The molecule has 2 aromatic carbocycles. The molecule has 0 aromatic heterocycles. The van der Waals surface area contributed by atoms with Gasteiger partial charge in [-0.25, -0.2) is 12.8 Å². The van der Waals surface area contributed by atoms with Crippen LogP contribution in [-0.2, 0) is 10.0 Å². The van der Waals surface area contributed by atoms with Gasteiger partial charge in [0.1, 0.15) is 10.7 Å². The van der Waals surface area contributed by atoms with Crippen molar-refractivity contribution < 1.29 is 12.8 Å². The molecule has 0 atom stereocenters. The quantitative estimate of drug-likeness (QED) is 0.626. The SMILES string of the molecule is Cc1cc(Br)c(S(=O)(=O)Nc2cc(F)ccc2Br)cc1Br. The highest BCUT2D eigenvalue weighted by atomic mass is 79.9. The Morgan fingerprint density at radius 3 is 2.33 bits per heavy atom. The van der Waals surface area contributed by atoms with E-state index in [0.29, 0.717) is 13.4 Å². The van der Waals surface area contributed by atoms with Crippen molar-refractivity contribution in [3.8, 4) is 0 Å². The monoisotopic (exact) mass is 499 g/mol. The predicted octanol–water partition coefficient (Wildman–Crippen LogP) is 5.22. The van der Waals surface area contributed by atoms with Gasteiger partial charge in [-0.05, 0) is 74.7 Å². The maximum absolute atomic E-state index is 13.2. The molecule has 0 aliphatic heterocycles. The lowest BCUT2D eigenvalue weighted by Gasteiger charge is -2.12. The molecule has 8 heteroatoms. The van der Waals surface area contributed by atoms with Crippen molar-refractivity contribution >= 4 is 63.5 Å². The van der Waals surface area contributed by atoms with Gasteiger partial charge in [-0.2, -0.15) is 0 Å². The first-order chi connectivity index (χ1) is 9.70. The summed E-state index contributed by atoms with van der Waals surface area (Å²) >= 11 is 9.73. The molecular formula is C13H9Br3FNO2S. The topological polar surface area (TPSA) is 46.2 Å². The number of sulfonamides is 1. The van der Waals surface area contributed by atoms with E-state index in [0.717, 1.165) is 11.6 Å². The Hall–Kier alpha value is -0.440. The van der Waals surface area contributed by atoms with Gasteiger partial charge in [0.15, 0.2) is 0 Å². The van der Waals surface area contributed by atoms with Crippen LogP contribution >= 0.6 is 47.8 Å². The summed E-state index contributed by atoms with van der Waals surface area (Å²) in [4.78, 5) is 0.0659. The third-order valence-corrected chi connectivity index (χ3v) is 6.55. The summed E-state index contributed by atoms with van der Waals surface area (Å²) in [6.07, 6.45) is 0. The lowest BCUT2D eigenvalue weighted by atomic mass is 10.2. The maximum Gasteiger partial charge on any atom is 0.263 e. The average molecular weight is 502 g/mol. The molecule has 0 saturated carbocycles. The zero-order chi connectivity index (χ0) is 15.8. The minimum Gasteiger partial charge on any atom is -0.278 e. The zero-order valence-electron chi connectivity index (χ0n) is 10.6. The number of halogens is 4. The normalized spacial score (nSPS) is 11.5. The third kappa shape index (κ3) is 3.85. The Bertz CT molecular complexity index is 809. The Labute approximate surface area is 147 Å². The summed E-state index contributed by atoms with van der Waals surface area (Å²) in [6, 6.07) is 6.97. The summed E-state index contributed by atoms with van der Waals surface area (Å²) in [5.74, 6) is -0.528. The summed E-state index contributed by atoms with van der Waals surface area (Å²) < 4.78 is 42.1. The minimum absolute atomic E-state index is 0.0659. The number of anilines is 1. The van der Waals surface area contributed by atoms with E-state index in [4.69, 9.17) is 0 Å². The van der Waals surface area contributed by atoms with Crippen molar-refractivity contribution in [2.24, 2.45) is 0 Å².